The van der Waals surface area contributed by atoms with Crippen LogP contribution >= 0.6 is 23.2 Å². The lowest BCUT2D eigenvalue weighted by Gasteiger charge is -2.20. The van der Waals surface area contributed by atoms with Crippen molar-refractivity contribution < 1.29 is 27.5 Å². The van der Waals surface area contributed by atoms with Crippen molar-refractivity contribution in [3.63, 3.8) is 0 Å². The van der Waals surface area contributed by atoms with Crippen molar-refractivity contribution in [2.24, 2.45) is 5.41 Å². The van der Waals surface area contributed by atoms with Gasteiger partial charge in [0.05, 0.1) is 5.41 Å². The van der Waals surface area contributed by atoms with E-state index in [0.717, 1.165) is 12.1 Å². The van der Waals surface area contributed by atoms with E-state index in [4.69, 9.17) is 23.2 Å². The van der Waals surface area contributed by atoms with Crippen LogP contribution in [0.2, 0.25) is 0 Å². The summed E-state index contributed by atoms with van der Waals surface area (Å²) in [6, 6.07) is 4.34. The number of rotatable bonds is 4. The first-order valence-electron chi connectivity index (χ1n) is 7.79. The van der Waals surface area contributed by atoms with Gasteiger partial charge < -0.3 is 15.0 Å². The van der Waals surface area contributed by atoms with Crippen LogP contribution in [-0.2, 0) is 9.59 Å². The largest absolute Gasteiger partial charge is 0.573 e. The third kappa shape index (κ3) is 3.57. The summed E-state index contributed by atoms with van der Waals surface area (Å²) in [4.78, 5) is 26.1. The lowest BCUT2D eigenvalue weighted by Crippen LogP contribution is -2.45. The van der Waals surface area contributed by atoms with E-state index in [9.17, 15) is 22.8 Å². The molecule has 1 aromatic rings. The Morgan fingerprint density at radius 2 is 2.04 bits per heavy atom. The van der Waals surface area contributed by atoms with Crippen LogP contribution in [0.5, 0.6) is 5.75 Å². The van der Waals surface area contributed by atoms with E-state index in [0.29, 0.717) is 6.42 Å². The Bertz CT molecular complexity index is 757. The Kier molecular flexibility index (Phi) is 4.55. The second-order valence-electron chi connectivity index (χ2n) is 6.56. The molecule has 0 spiro atoms. The van der Waals surface area contributed by atoms with Crippen molar-refractivity contribution >= 4 is 40.7 Å². The van der Waals surface area contributed by atoms with Gasteiger partial charge in [0.1, 0.15) is 16.1 Å². The SMILES string of the molecule is CC1(C(=O)NC2CCN(c3cccc(OC(F)(F)F)c3)C2=O)CC1(Cl)Cl. The van der Waals surface area contributed by atoms with Crippen LogP contribution in [-0.4, -0.2) is 35.1 Å². The number of hydrogen-bond donors (Lipinski definition) is 1. The third-order valence-electron chi connectivity index (χ3n) is 4.63. The summed E-state index contributed by atoms with van der Waals surface area (Å²) in [6.07, 6.45) is -4.21. The normalized spacial score (nSPS) is 27.4. The number of carbonyl (C=O) groups is 2. The molecule has 1 aliphatic carbocycles. The first kappa shape index (κ1) is 19.1. The van der Waals surface area contributed by atoms with Crippen LogP contribution in [0.1, 0.15) is 19.8 Å². The first-order chi connectivity index (χ1) is 11.9. The molecule has 0 bridgehead atoms. The van der Waals surface area contributed by atoms with Crippen molar-refractivity contribution in [3.8, 4) is 5.75 Å². The molecule has 1 N–H and O–H groups in total. The Labute approximate surface area is 157 Å². The van der Waals surface area contributed by atoms with Crippen LogP contribution < -0.4 is 15.0 Å². The van der Waals surface area contributed by atoms with Gasteiger partial charge in [0, 0.05) is 18.3 Å². The van der Waals surface area contributed by atoms with E-state index in [1.807, 2.05) is 0 Å². The van der Waals surface area contributed by atoms with Crippen molar-refractivity contribution in [3.05, 3.63) is 24.3 Å². The second kappa shape index (κ2) is 6.20. The van der Waals surface area contributed by atoms with Gasteiger partial charge in [-0.15, -0.1) is 36.4 Å². The number of nitrogens with zero attached hydrogens (tertiary/aromatic N) is 1. The van der Waals surface area contributed by atoms with Crippen molar-refractivity contribution in [1.82, 2.24) is 5.32 Å². The summed E-state index contributed by atoms with van der Waals surface area (Å²) in [5, 5.41) is 2.63. The average molecular weight is 411 g/mol. The molecule has 1 heterocycles. The zero-order chi connectivity index (χ0) is 19.3. The molecule has 1 saturated heterocycles. The summed E-state index contributed by atoms with van der Waals surface area (Å²) < 4.78 is 39.7. The quantitative estimate of drug-likeness (QED) is 0.773. The highest BCUT2D eigenvalue weighted by Crippen LogP contribution is 2.63. The van der Waals surface area contributed by atoms with E-state index in [1.54, 1.807) is 6.92 Å². The number of hydrogen-bond acceptors (Lipinski definition) is 3. The van der Waals surface area contributed by atoms with Crippen molar-refractivity contribution in [2.75, 3.05) is 11.4 Å². The van der Waals surface area contributed by atoms with Crippen LogP contribution in [0, 0.1) is 5.41 Å². The van der Waals surface area contributed by atoms with E-state index < -0.39 is 39.7 Å². The van der Waals surface area contributed by atoms with Crippen LogP contribution in [0.25, 0.3) is 0 Å². The first-order valence-corrected chi connectivity index (χ1v) is 8.54. The Balaban J connectivity index is 1.68. The maximum Gasteiger partial charge on any atom is 0.573 e. The summed E-state index contributed by atoms with van der Waals surface area (Å²) in [7, 11) is 0. The van der Waals surface area contributed by atoms with Gasteiger partial charge in [-0.25, -0.2) is 0 Å². The average Bonchev–Trinajstić information content (AvgIpc) is 2.83. The smallest absolute Gasteiger partial charge is 0.406 e. The highest BCUT2D eigenvalue weighted by molar-refractivity contribution is 6.53. The highest BCUT2D eigenvalue weighted by Gasteiger charge is 2.68. The maximum absolute atomic E-state index is 12.5. The number of benzene rings is 1. The molecular weight excluding hydrogens is 396 g/mol. The molecule has 5 nitrogen and oxygen atoms in total. The fourth-order valence-electron chi connectivity index (χ4n) is 2.88. The molecule has 1 saturated carbocycles. The third-order valence-corrected chi connectivity index (χ3v) is 5.73. The standard InChI is InChI=1S/C16H15Cl2F3N2O3/c1-14(8-15(14,17)18)13(25)22-11-5-6-23(12(11)24)9-3-2-4-10(7-9)26-16(19,20)21/h2-4,7,11H,5-6,8H2,1H3,(H,22,25). The zero-order valence-electron chi connectivity index (χ0n) is 13.6. The van der Waals surface area contributed by atoms with E-state index in [-0.39, 0.29) is 18.7 Å². The van der Waals surface area contributed by atoms with Gasteiger partial charge in [-0.2, -0.15) is 0 Å². The lowest BCUT2D eigenvalue weighted by atomic mass is 10.1. The molecule has 1 aromatic carbocycles. The molecule has 142 valence electrons. The molecule has 26 heavy (non-hydrogen) atoms. The molecule has 0 aromatic heterocycles. The minimum absolute atomic E-state index is 0.253. The molecule has 2 fully saturated rings. The minimum Gasteiger partial charge on any atom is -0.406 e. The molecular formula is C16H15Cl2F3N2O3. The van der Waals surface area contributed by atoms with Gasteiger partial charge in [0.15, 0.2) is 0 Å². The minimum atomic E-state index is -4.82. The van der Waals surface area contributed by atoms with Gasteiger partial charge in [-0.05, 0) is 31.9 Å². The van der Waals surface area contributed by atoms with Gasteiger partial charge in [0.2, 0.25) is 11.8 Å². The number of amides is 2. The Hall–Kier alpha value is -1.67. The van der Waals surface area contributed by atoms with Crippen LogP contribution in [0.3, 0.4) is 0 Å². The maximum atomic E-state index is 12.5. The highest BCUT2D eigenvalue weighted by atomic mass is 35.5. The monoisotopic (exact) mass is 410 g/mol. The Morgan fingerprint density at radius 3 is 2.62 bits per heavy atom. The molecule has 2 aliphatic rings. The molecule has 2 unspecified atom stereocenters. The van der Waals surface area contributed by atoms with Crippen LogP contribution in [0.15, 0.2) is 24.3 Å². The molecule has 2 atom stereocenters. The number of halogens is 5. The summed E-state index contributed by atoms with van der Waals surface area (Å²) in [5.74, 6) is -1.26. The Morgan fingerprint density at radius 1 is 1.38 bits per heavy atom. The number of anilines is 1. The predicted octanol–water partition coefficient (Wildman–Crippen LogP) is 3.39. The summed E-state index contributed by atoms with van der Waals surface area (Å²) in [6.45, 7) is 1.86. The van der Waals surface area contributed by atoms with Gasteiger partial charge in [0.25, 0.3) is 0 Å². The predicted molar refractivity (Wildman–Crippen MR) is 89.2 cm³/mol. The van der Waals surface area contributed by atoms with Crippen molar-refractivity contribution in [2.45, 2.75) is 36.5 Å². The fraction of sp³-hybridized carbons (Fsp3) is 0.500. The van der Waals surface area contributed by atoms with E-state index in [2.05, 4.69) is 10.1 Å². The number of nitrogens with one attached hydrogen (secondary N) is 1. The van der Waals surface area contributed by atoms with E-state index >= 15 is 0 Å². The summed E-state index contributed by atoms with van der Waals surface area (Å²) >= 11 is 11.9. The lowest BCUT2D eigenvalue weighted by molar-refractivity contribution is -0.274. The summed E-state index contributed by atoms with van der Waals surface area (Å²) in [5.41, 5.74) is -0.695. The topological polar surface area (TPSA) is 58.6 Å². The number of alkyl halides is 5. The molecule has 3 rings (SSSR count). The van der Waals surface area contributed by atoms with E-state index in [1.165, 1.54) is 17.0 Å². The van der Waals surface area contributed by atoms with Crippen molar-refractivity contribution in [1.29, 1.82) is 0 Å². The molecule has 1 aliphatic heterocycles. The van der Waals surface area contributed by atoms with Gasteiger partial charge >= 0.3 is 6.36 Å². The van der Waals surface area contributed by atoms with Gasteiger partial charge in [-0.1, -0.05) is 6.07 Å². The molecule has 2 amide bonds. The van der Waals surface area contributed by atoms with Gasteiger partial charge in [-0.3, -0.25) is 9.59 Å². The molecule has 0 radical (unpaired) electrons. The number of ether oxygens (including phenoxy) is 1. The number of carbonyl (C=O) groups excluding carboxylic acids is 2. The molecule has 10 heteroatoms. The zero-order valence-corrected chi connectivity index (χ0v) is 15.1. The van der Waals surface area contributed by atoms with Crippen LogP contribution in [0.4, 0.5) is 18.9 Å². The second-order valence-corrected chi connectivity index (χ2v) is 8.05. The fourth-order valence-corrected chi connectivity index (χ4v) is 3.59.